The van der Waals surface area contributed by atoms with E-state index >= 15 is 0 Å². The standard InChI is InChI=1S/C14H24N2O3S/c1-10-7-16(8-11(2)20-10)13(19)15-9-14(4-3-5-14)6-12(17)18/h10-11H,3-9H2,1-2H3,(H,15,19)(H,17,18). The zero-order valence-corrected chi connectivity index (χ0v) is 13.0. The van der Waals surface area contributed by atoms with Crippen LogP contribution in [0.3, 0.4) is 0 Å². The van der Waals surface area contributed by atoms with Gasteiger partial charge in [-0.15, -0.1) is 0 Å². The quantitative estimate of drug-likeness (QED) is 0.835. The molecule has 2 aliphatic rings. The summed E-state index contributed by atoms with van der Waals surface area (Å²) in [7, 11) is 0. The number of carboxylic acids is 1. The largest absolute Gasteiger partial charge is 0.481 e. The maximum atomic E-state index is 12.2. The highest BCUT2D eigenvalue weighted by molar-refractivity contribution is 8.00. The highest BCUT2D eigenvalue weighted by Crippen LogP contribution is 2.43. The van der Waals surface area contributed by atoms with Crippen molar-refractivity contribution in [2.75, 3.05) is 19.6 Å². The third-order valence-corrected chi connectivity index (χ3v) is 5.49. The van der Waals surface area contributed by atoms with Crippen LogP contribution in [0.5, 0.6) is 0 Å². The molecule has 1 aliphatic heterocycles. The van der Waals surface area contributed by atoms with Crippen LogP contribution in [0.25, 0.3) is 0 Å². The highest BCUT2D eigenvalue weighted by Gasteiger charge is 2.39. The average molecular weight is 300 g/mol. The first-order valence-electron chi connectivity index (χ1n) is 7.30. The molecule has 0 radical (unpaired) electrons. The van der Waals surface area contributed by atoms with Gasteiger partial charge in [-0.1, -0.05) is 20.3 Å². The van der Waals surface area contributed by atoms with Gasteiger partial charge in [0, 0.05) is 30.1 Å². The number of aliphatic carboxylic acids is 1. The molecule has 1 saturated heterocycles. The Balaban J connectivity index is 1.83. The monoisotopic (exact) mass is 300 g/mol. The minimum absolute atomic E-state index is 0.0411. The van der Waals surface area contributed by atoms with E-state index < -0.39 is 5.97 Å². The number of carbonyl (C=O) groups is 2. The molecule has 0 aromatic heterocycles. The fourth-order valence-corrected chi connectivity index (χ4v) is 4.46. The van der Waals surface area contributed by atoms with Crippen molar-refractivity contribution in [2.24, 2.45) is 5.41 Å². The lowest BCUT2D eigenvalue weighted by Gasteiger charge is -2.42. The lowest BCUT2D eigenvalue weighted by atomic mass is 9.66. The molecule has 2 atom stereocenters. The second-order valence-electron chi connectivity index (χ2n) is 6.25. The van der Waals surface area contributed by atoms with Crippen molar-refractivity contribution in [2.45, 2.75) is 50.0 Å². The van der Waals surface area contributed by atoms with Crippen molar-refractivity contribution in [1.82, 2.24) is 10.2 Å². The molecule has 2 rings (SSSR count). The van der Waals surface area contributed by atoms with Crippen LogP contribution in [0.1, 0.15) is 39.5 Å². The fourth-order valence-electron chi connectivity index (χ4n) is 3.13. The molecule has 5 nitrogen and oxygen atoms in total. The molecule has 0 aromatic carbocycles. The van der Waals surface area contributed by atoms with Crippen molar-refractivity contribution in [3.05, 3.63) is 0 Å². The molecule has 2 N–H and O–H groups in total. The number of nitrogens with one attached hydrogen (secondary N) is 1. The summed E-state index contributed by atoms with van der Waals surface area (Å²) >= 11 is 1.91. The van der Waals surface area contributed by atoms with Crippen molar-refractivity contribution >= 4 is 23.8 Å². The van der Waals surface area contributed by atoms with Gasteiger partial charge >= 0.3 is 12.0 Å². The summed E-state index contributed by atoms with van der Waals surface area (Å²) in [5.74, 6) is -0.768. The molecule has 0 bridgehead atoms. The van der Waals surface area contributed by atoms with Crippen LogP contribution in [0.15, 0.2) is 0 Å². The lowest BCUT2D eigenvalue weighted by molar-refractivity contribution is -0.141. The summed E-state index contributed by atoms with van der Waals surface area (Å²) in [6.45, 7) is 6.31. The van der Waals surface area contributed by atoms with Gasteiger partial charge in [0.05, 0.1) is 6.42 Å². The Kier molecular flexibility index (Phi) is 4.83. The number of carbonyl (C=O) groups excluding carboxylic acids is 1. The molecule has 1 heterocycles. The van der Waals surface area contributed by atoms with E-state index in [-0.39, 0.29) is 17.9 Å². The van der Waals surface area contributed by atoms with Crippen LogP contribution in [0, 0.1) is 5.41 Å². The van der Waals surface area contributed by atoms with Crippen molar-refractivity contribution < 1.29 is 14.7 Å². The van der Waals surface area contributed by atoms with Crippen LogP contribution >= 0.6 is 11.8 Å². The summed E-state index contributed by atoms with van der Waals surface area (Å²) in [5, 5.41) is 12.8. The van der Waals surface area contributed by atoms with E-state index in [1.165, 1.54) is 0 Å². The highest BCUT2D eigenvalue weighted by atomic mass is 32.2. The number of rotatable bonds is 4. The predicted octanol–water partition coefficient (Wildman–Crippen LogP) is 2.17. The topological polar surface area (TPSA) is 69.6 Å². The number of nitrogens with zero attached hydrogens (tertiary/aromatic N) is 1. The number of hydrogen-bond donors (Lipinski definition) is 2. The summed E-state index contributed by atoms with van der Waals surface area (Å²) in [5.41, 5.74) is -0.205. The Morgan fingerprint density at radius 3 is 2.35 bits per heavy atom. The molecule has 0 aromatic rings. The summed E-state index contributed by atoms with van der Waals surface area (Å²) in [6, 6.07) is -0.0411. The Hall–Kier alpha value is -0.910. The molecule has 0 spiro atoms. The van der Waals surface area contributed by atoms with Gasteiger partial charge in [-0.05, 0) is 18.3 Å². The van der Waals surface area contributed by atoms with E-state index in [9.17, 15) is 9.59 Å². The Morgan fingerprint density at radius 2 is 1.90 bits per heavy atom. The SMILES string of the molecule is CC1CN(C(=O)NCC2(CC(=O)O)CCC2)CC(C)S1. The van der Waals surface area contributed by atoms with Crippen LogP contribution in [-0.2, 0) is 4.79 Å². The number of thioether (sulfide) groups is 1. The van der Waals surface area contributed by atoms with Crippen LogP contribution in [0.2, 0.25) is 0 Å². The van der Waals surface area contributed by atoms with Gasteiger partial charge in [-0.3, -0.25) is 4.79 Å². The third kappa shape index (κ3) is 3.81. The van der Waals surface area contributed by atoms with E-state index in [1.54, 1.807) is 0 Å². The van der Waals surface area contributed by atoms with Crippen LogP contribution < -0.4 is 5.32 Å². The molecule has 1 aliphatic carbocycles. The predicted molar refractivity (Wildman–Crippen MR) is 80.0 cm³/mol. The lowest BCUT2D eigenvalue weighted by Crippen LogP contribution is -2.52. The smallest absolute Gasteiger partial charge is 0.317 e. The van der Waals surface area contributed by atoms with Crippen LogP contribution in [-0.4, -0.2) is 52.1 Å². The zero-order chi connectivity index (χ0) is 14.8. The zero-order valence-electron chi connectivity index (χ0n) is 12.2. The summed E-state index contributed by atoms with van der Waals surface area (Å²) in [6.07, 6.45) is 3.04. The molecule has 20 heavy (non-hydrogen) atoms. The van der Waals surface area contributed by atoms with Crippen molar-refractivity contribution in [3.63, 3.8) is 0 Å². The second-order valence-corrected chi connectivity index (χ2v) is 8.13. The number of hydrogen-bond acceptors (Lipinski definition) is 3. The maximum absolute atomic E-state index is 12.2. The Morgan fingerprint density at radius 1 is 1.30 bits per heavy atom. The minimum atomic E-state index is -0.768. The second kappa shape index (κ2) is 6.24. The summed E-state index contributed by atoms with van der Waals surface area (Å²) in [4.78, 5) is 25.0. The first kappa shape index (κ1) is 15.5. The Labute approximate surface area is 124 Å². The molecular formula is C14H24N2O3S. The number of urea groups is 1. The van der Waals surface area contributed by atoms with E-state index in [0.29, 0.717) is 17.0 Å². The van der Waals surface area contributed by atoms with E-state index in [1.807, 2.05) is 16.7 Å². The van der Waals surface area contributed by atoms with E-state index in [2.05, 4.69) is 19.2 Å². The first-order valence-corrected chi connectivity index (χ1v) is 8.24. The van der Waals surface area contributed by atoms with E-state index in [4.69, 9.17) is 5.11 Å². The third-order valence-electron chi connectivity index (χ3n) is 4.26. The molecule has 2 fully saturated rings. The van der Waals surface area contributed by atoms with Crippen LogP contribution in [0.4, 0.5) is 4.79 Å². The molecule has 114 valence electrons. The Bertz CT molecular complexity index is 375. The van der Waals surface area contributed by atoms with Gasteiger partial charge in [0.15, 0.2) is 0 Å². The van der Waals surface area contributed by atoms with Gasteiger partial charge in [-0.2, -0.15) is 11.8 Å². The first-order chi connectivity index (χ1) is 9.40. The van der Waals surface area contributed by atoms with Crippen molar-refractivity contribution in [3.8, 4) is 0 Å². The summed E-state index contributed by atoms with van der Waals surface area (Å²) < 4.78 is 0. The minimum Gasteiger partial charge on any atom is -0.481 e. The fraction of sp³-hybridized carbons (Fsp3) is 0.857. The molecular weight excluding hydrogens is 276 g/mol. The number of carboxylic acid groups (broad SMARTS) is 1. The normalized spacial score (nSPS) is 28.6. The number of amides is 2. The van der Waals surface area contributed by atoms with Gasteiger partial charge in [-0.25, -0.2) is 4.79 Å². The molecule has 2 unspecified atom stereocenters. The van der Waals surface area contributed by atoms with E-state index in [0.717, 1.165) is 32.4 Å². The van der Waals surface area contributed by atoms with Gasteiger partial charge in [0.1, 0.15) is 0 Å². The van der Waals surface area contributed by atoms with Gasteiger partial charge < -0.3 is 15.3 Å². The van der Waals surface area contributed by atoms with Gasteiger partial charge in [0.2, 0.25) is 0 Å². The van der Waals surface area contributed by atoms with Gasteiger partial charge in [0.25, 0.3) is 0 Å². The maximum Gasteiger partial charge on any atom is 0.317 e. The molecule has 2 amide bonds. The molecule has 1 saturated carbocycles. The molecule has 6 heteroatoms. The van der Waals surface area contributed by atoms with Crippen molar-refractivity contribution in [1.29, 1.82) is 0 Å². The average Bonchev–Trinajstić information content (AvgIpc) is 2.30.